The number of benzene rings is 9. The Morgan fingerprint density at radius 2 is 0.704 bits per heavy atom. The summed E-state index contributed by atoms with van der Waals surface area (Å²) in [6.07, 6.45) is 0. The maximum atomic E-state index is 6.95. The van der Waals surface area contributed by atoms with Crippen molar-refractivity contribution in [3.05, 3.63) is 212 Å². The van der Waals surface area contributed by atoms with Gasteiger partial charge in [-0.1, -0.05) is 176 Å². The highest BCUT2D eigenvalue weighted by atomic mass is 16.3. The van der Waals surface area contributed by atoms with Gasteiger partial charge >= 0.3 is 0 Å². The van der Waals surface area contributed by atoms with Gasteiger partial charge in [-0.25, -0.2) is 0 Å². The van der Waals surface area contributed by atoms with E-state index in [1.54, 1.807) is 0 Å². The zero-order valence-electron chi connectivity index (χ0n) is 29.6. The zero-order chi connectivity index (χ0) is 35.8. The summed E-state index contributed by atoms with van der Waals surface area (Å²) in [5, 5.41) is 4.39. The van der Waals surface area contributed by atoms with E-state index in [9.17, 15) is 0 Å². The first-order valence-electron chi connectivity index (χ1n) is 18.4. The molecular formula is C52H35NO. The predicted molar refractivity (Wildman–Crippen MR) is 228 cm³/mol. The topological polar surface area (TPSA) is 16.4 Å². The monoisotopic (exact) mass is 689 g/mol. The van der Waals surface area contributed by atoms with Crippen LogP contribution in [0.15, 0.2) is 217 Å². The lowest BCUT2D eigenvalue weighted by molar-refractivity contribution is 0.674. The number of fused-ring (bicyclic) bond motifs is 5. The van der Waals surface area contributed by atoms with Gasteiger partial charge in [-0.15, -0.1) is 0 Å². The molecule has 0 spiro atoms. The number of hydrogen-bond donors (Lipinski definition) is 0. The van der Waals surface area contributed by atoms with Gasteiger partial charge in [0.25, 0.3) is 0 Å². The van der Waals surface area contributed by atoms with E-state index < -0.39 is 0 Å². The van der Waals surface area contributed by atoms with Crippen molar-refractivity contribution in [2.75, 3.05) is 4.90 Å². The van der Waals surface area contributed by atoms with Gasteiger partial charge in [-0.05, 0) is 75.3 Å². The van der Waals surface area contributed by atoms with Crippen LogP contribution in [0.5, 0.6) is 0 Å². The van der Waals surface area contributed by atoms with Crippen LogP contribution in [0.3, 0.4) is 0 Å². The SMILES string of the molecule is c1ccc(-c2ccc(N(c3ccc(-c4ccccc4)cc3)c3cc4c5cccc(-c6cccc(-c7ccccc7)c6)c5oc4c4ccccc34)cc2)cc1. The summed E-state index contributed by atoms with van der Waals surface area (Å²) in [6.45, 7) is 0. The van der Waals surface area contributed by atoms with Gasteiger partial charge in [0.05, 0.1) is 5.69 Å². The molecule has 0 aliphatic rings. The smallest absolute Gasteiger partial charge is 0.143 e. The molecule has 1 heterocycles. The van der Waals surface area contributed by atoms with Crippen LogP contribution in [-0.2, 0) is 0 Å². The van der Waals surface area contributed by atoms with E-state index in [1.807, 2.05) is 0 Å². The molecule has 0 fully saturated rings. The number of para-hydroxylation sites is 1. The Bertz CT molecular complexity index is 2810. The van der Waals surface area contributed by atoms with Crippen molar-refractivity contribution < 1.29 is 4.42 Å². The van der Waals surface area contributed by atoms with Gasteiger partial charge < -0.3 is 9.32 Å². The Balaban J connectivity index is 1.17. The van der Waals surface area contributed by atoms with E-state index in [0.29, 0.717) is 0 Å². The summed E-state index contributed by atoms with van der Waals surface area (Å²) >= 11 is 0. The summed E-state index contributed by atoms with van der Waals surface area (Å²) < 4.78 is 6.95. The normalized spacial score (nSPS) is 11.3. The Labute approximate surface area is 314 Å². The number of hydrogen-bond acceptors (Lipinski definition) is 2. The quantitative estimate of drug-likeness (QED) is 0.166. The fourth-order valence-electron chi connectivity index (χ4n) is 7.80. The Kier molecular flexibility index (Phi) is 7.85. The summed E-state index contributed by atoms with van der Waals surface area (Å²) in [5.41, 5.74) is 14.4. The van der Waals surface area contributed by atoms with Crippen LogP contribution in [0.25, 0.3) is 77.2 Å². The first-order chi connectivity index (χ1) is 26.8. The molecule has 2 nitrogen and oxygen atoms in total. The molecule has 0 saturated heterocycles. The maximum Gasteiger partial charge on any atom is 0.143 e. The number of rotatable bonds is 7. The predicted octanol–water partition coefficient (Wildman–Crippen LogP) is 14.9. The van der Waals surface area contributed by atoms with Gasteiger partial charge in [-0.3, -0.25) is 0 Å². The largest absolute Gasteiger partial charge is 0.455 e. The molecule has 0 amide bonds. The molecule has 2 heteroatoms. The van der Waals surface area contributed by atoms with E-state index in [4.69, 9.17) is 4.42 Å². The van der Waals surface area contributed by atoms with E-state index >= 15 is 0 Å². The van der Waals surface area contributed by atoms with E-state index in [1.165, 1.54) is 33.4 Å². The summed E-state index contributed by atoms with van der Waals surface area (Å²) in [6, 6.07) is 75.7. The third kappa shape index (κ3) is 5.62. The van der Waals surface area contributed by atoms with Crippen molar-refractivity contribution in [1.82, 2.24) is 0 Å². The maximum absolute atomic E-state index is 6.95. The lowest BCUT2D eigenvalue weighted by atomic mass is 9.97. The molecular weight excluding hydrogens is 655 g/mol. The van der Waals surface area contributed by atoms with E-state index in [-0.39, 0.29) is 0 Å². The first kappa shape index (κ1) is 31.6. The van der Waals surface area contributed by atoms with Crippen molar-refractivity contribution >= 4 is 49.8 Å². The van der Waals surface area contributed by atoms with Gasteiger partial charge in [0.1, 0.15) is 11.2 Å². The minimum atomic E-state index is 0.894. The third-order valence-corrected chi connectivity index (χ3v) is 10.5. The fraction of sp³-hybridized carbons (Fsp3) is 0. The first-order valence-corrected chi connectivity index (χ1v) is 18.4. The van der Waals surface area contributed by atoms with Crippen molar-refractivity contribution in [3.63, 3.8) is 0 Å². The molecule has 9 aromatic carbocycles. The second kappa shape index (κ2) is 13.4. The molecule has 54 heavy (non-hydrogen) atoms. The van der Waals surface area contributed by atoms with Gasteiger partial charge in [0.2, 0.25) is 0 Å². The molecule has 10 rings (SSSR count). The second-order valence-electron chi connectivity index (χ2n) is 13.7. The zero-order valence-corrected chi connectivity index (χ0v) is 29.6. The van der Waals surface area contributed by atoms with E-state index in [2.05, 4.69) is 217 Å². The Morgan fingerprint density at radius 1 is 0.278 bits per heavy atom. The summed E-state index contributed by atoms with van der Waals surface area (Å²) in [4.78, 5) is 2.39. The Hall–Kier alpha value is -7.16. The minimum absolute atomic E-state index is 0.894. The van der Waals surface area contributed by atoms with Crippen LogP contribution in [0, 0.1) is 0 Å². The number of anilines is 3. The van der Waals surface area contributed by atoms with Crippen LogP contribution in [-0.4, -0.2) is 0 Å². The lowest BCUT2D eigenvalue weighted by Gasteiger charge is -2.27. The fourth-order valence-corrected chi connectivity index (χ4v) is 7.80. The molecule has 0 aliphatic carbocycles. The molecule has 0 bridgehead atoms. The molecule has 1 aromatic heterocycles. The van der Waals surface area contributed by atoms with Gasteiger partial charge in [0, 0.05) is 38.5 Å². The highest BCUT2D eigenvalue weighted by molar-refractivity contribution is 6.21. The number of furan rings is 1. The molecule has 0 saturated carbocycles. The molecule has 0 aliphatic heterocycles. The summed E-state index contributed by atoms with van der Waals surface area (Å²) in [7, 11) is 0. The molecule has 10 aromatic rings. The average molecular weight is 690 g/mol. The highest BCUT2D eigenvalue weighted by Crippen LogP contribution is 2.46. The van der Waals surface area contributed by atoms with Crippen LogP contribution in [0.2, 0.25) is 0 Å². The minimum Gasteiger partial charge on any atom is -0.455 e. The molecule has 0 unspecified atom stereocenters. The van der Waals surface area contributed by atoms with Gasteiger partial charge in [-0.2, -0.15) is 0 Å². The third-order valence-electron chi connectivity index (χ3n) is 10.5. The highest BCUT2D eigenvalue weighted by Gasteiger charge is 2.22. The van der Waals surface area contributed by atoms with Gasteiger partial charge in [0.15, 0.2) is 0 Å². The van der Waals surface area contributed by atoms with Crippen molar-refractivity contribution in [3.8, 4) is 44.5 Å². The summed E-state index contributed by atoms with van der Waals surface area (Å²) in [5.74, 6) is 0. The standard InChI is InChI=1S/C52H35NO/c1-4-14-36(15-5-1)39-26-30-43(31-27-39)53(44-32-28-40(29-33-44)37-16-6-2-7-17-37)50-35-49-48-25-13-24-45(51(48)54-52(49)47-23-11-10-22-46(47)50)42-21-12-20-41(34-42)38-18-8-3-9-19-38/h1-35H. The van der Waals surface area contributed by atoms with Crippen molar-refractivity contribution in [2.24, 2.45) is 0 Å². The van der Waals surface area contributed by atoms with Crippen LogP contribution in [0.4, 0.5) is 17.1 Å². The van der Waals surface area contributed by atoms with E-state index in [0.717, 1.165) is 60.9 Å². The second-order valence-corrected chi connectivity index (χ2v) is 13.7. The van der Waals surface area contributed by atoms with Crippen LogP contribution in [0.1, 0.15) is 0 Å². The Morgan fingerprint density at radius 3 is 1.30 bits per heavy atom. The molecule has 254 valence electrons. The average Bonchev–Trinajstić information content (AvgIpc) is 3.64. The van der Waals surface area contributed by atoms with Crippen LogP contribution >= 0.6 is 0 Å². The molecule has 0 radical (unpaired) electrons. The molecule has 0 N–H and O–H groups in total. The number of nitrogens with zero attached hydrogens (tertiary/aromatic N) is 1. The van der Waals surface area contributed by atoms with Crippen molar-refractivity contribution in [2.45, 2.75) is 0 Å². The van der Waals surface area contributed by atoms with Crippen LogP contribution < -0.4 is 4.90 Å². The van der Waals surface area contributed by atoms with Crippen molar-refractivity contribution in [1.29, 1.82) is 0 Å². The lowest BCUT2D eigenvalue weighted by Crippen LogP contribution is -2.10. The molecule has 0 atom stereocenters.